The minimum absolute atomic E-state index is 0.708. The van der Waals surface area contributed by atoms with Crippen LogP contribution in [0.3, 0.4) is 0 Å². The maximum absolute atomic E-state index is 5.40. The van der Waals surface area contributed by atoms with Crippen molar-refractivity contribution in [2.45, 2.75) is 0 Å². The molecule has 96 valence electrons. The third-order valence-corrected chi connectivity index (χ3v) is 3.41. The summed E-state index contributed by atoms with van der Waals surface area (Å²) in [6.07, 6.45) is 0. The predicted molar refractivity (Wildman–Crippen MR) is 72.4 cm³/mol. The van der Waals surface area contributed by atoms with Gasteiger partial charge in [0.25, 0.3) is 0 Å². The van der Waals surface area contributed by atoms with Crippen LogP contribution in [-0.2, 0) is 4.74 Å². The van der Waals surface area contributed by atoms with Gasteiger partial charge in [-0.1, -0.05) is 0 Å². The fraction of sp³-hybridized carbons (Fsp3) is 0.417. The van der Waals surface area contributed by atoms with Crippen LogP contribution in [0.1, 0.15) is 0 Å². The minimum atomic E-state index is 0.708. The molecule has 1 fully saturated rings. The van der Waals surface area contributed by atoms with E-state index in [2.05, 4.69) is 9.99 Å². The van der Waals surface area contributed by atoms with E-state index in [1.807, 2.05) is 22.9 Å². The van der Waals surface area contributed by atoms with Crippen molar-refractivity contribution in [3.63, 3.8) is 0 Å². The standard InChI is InChI=1S/C12H15N3O2S/c1-16-9-2-3-10-11(8-9)15(12(18)13-10)14-4-6-17-7-5-14/h2-3,8H,4-7H2,1H3,(H,13,18). The molecule has 0 bridgehead atoms. The molecule has 1 aliphatic rings. The van der Waals surface area contributed by atoms with E-state index >= 15 is 0 Å². The van der Waals surface area contributed by atoms with E-state index in [9.17, 15) is 0 Å². The lowest BCUT2D eigenvalue weighted by Gasteiger charge is -2.29. The number of fused-ring (bicyclic) bond motifs is 1. The largest absolute Gasteiger partial charge is 0.497 e. The van der Waals surface area contributed by atoms with E-state index in [4.69, 9.17) is 21.7 Å². The van der Waals surface area contributed by atoms with E-state index < -0.39 is 0 Å². The van der Waals surface area contributed by atoms with Crippen molar-refractivity contribution >= 4 is 23.3 Å². The van der Waals surface area contributed by atoms with Gasteiger partial charge < -0.3 is 19.5 Å². The Labute approximate surface area is 110 Å². The van der Waals surface area contributed by atoms with Gasteiger partial charge in [-0.3, -0.25) is 0 Å². The fourth-order valence-corrected chi connectivity index (χ4v) is 2.56. The molecule has 1 aromatic heterocycles. The average Bonchev–Trinajstić information content (AvgIpc) is 2.74. The maximum Gasteiger partial charge on any atom is 0.197 e. The summed E-state index contributed by atoms with van der Waals surface area (Å²) in [5.74, 6) is 0.832. The number of methoxy groups -OCH3 is 1. The zero-order chi connectivity index (χ0) is 12.5. The number of nitrogens with one attached hydrogen (secondary N) is 1. The predicted octanol–water partition coefficient (Wildman–Crippen LogP) is 1.68. The van der Waals surface area contributed by atoms with Gasteiger partial charge in [-0.2, -0.15) is 0 Å². The van der Waals surface area contributed by atoms with Crippen LogP contribution >= 0.6 is 12.2 Å². The molecule has 1 saturated heterocycles. The molecule has 0 unspecified atom stereocenters. The van der Waals surface area contributed by atoms with Crippen LogP contribution in [0.4, 0.5) is 0 Å². The van der Waals surface area contributed by atoms with Gasteiger partial charge in [0.15, 0.2) is 4.77 Å². The maximum atomic E-state index is 5.40. The van der Waals surface area contributed by atoms with Crippen LogP contribution in [0.25, 0.3) is 11.0 Å². The Morgan fingerprint density at radius 1 is 1.33 bits per heavy atom. The summed E-state index contributed by atoms with van der Waals surface area (Å²) in [5, 5.41) is 2.20. The number of morpholine rings is 1. The molecule has 0 aliphatic carbocycles. The van der Waals surface area contributed by atoms with Gasteiger partial charge in [-0.05, 0) is 24.4 Å². The van der Waals surface area contributed by atoms with Crippen LogP contribution in [-0.4, -0.2) is 43.1 Å². The molecule has 6 heteroatoms. The summed E-state index contributed by atoms with van der Waals surface area (Å²) in [5.41, 5.74) is 2.06. The Bertz CT molecular complexity index is 613. The highest BCUT2D eigenvalue weighted by Crippen LogP contribution is 2.21. The highest BCUT2D eigenvalue weighted by Gasteiger charge is 2.15. The number of aromatic nitrogens is 2. The summed E-state index contributed by atoms with van der Waals surface area (Å²) in [6.45, 7) is 3.16. The lowest BCUT2D eigenvalue weighted by Crippen LogP contribution is -2.43. The smallest absolute Gasteiger partial charge is 0.197 e. The number of H-pyrrole nitrogens is 1. The molecule has 1 aromatic carbocycles. The van der Waals surface area contributed by atoms with Crippen molar-refractivity contribution in [2.24, 2.45) is 0 Å². The number of ether oxygens (including phenoxy) is 2. The molecule has 2 heterocycles. The minimum Gasteiger partial charge on any atom is -0.497 e. The van der Waals surface area contributed by atoms with Gasteiger partial charge in [-0.15, -0.1) is 0 Å². The molecule has 1 aliphatic heterocycles. The first-order valence-corrected chi connectivity index (χ1v) is 6.32. The zero-order valence-corrected chi connectivity index (χ0v) is 11.0. The average molecular weight is 265 g/mol. The normalized spacial score (nSPS) is 16.2. The summed E-state index contributed by atoms with van der Waals surface area (Å²) >= 11 is 5.40. The number of hydrogen-bond donors (Lipinski definition) is 1. The monoisotopic (exact) mass is 265 g/mol. The van der Waals surface area contributed by atoms with E-state index in [-0.39, 0.29) is 0 Å². The lowest BCUT2D eigenvalue weighted by atomic mass is 10.3. The van der Waals surface area contributed by atoms with Crippen molar-refractivity contribution in [3.05, 3.63) is 23.0 Å². The van der Waals surface area contributed by atoms with E-state index in [0.29, 0.717) is 4.77 Å². The SMILES string of the molecule is COc1ccc2[nH]c(=S)n(N3CCOCC3)c2c1. The van der Waals surface area contributed by atoms with Gasteiger partial charge in [0.1, 0.15) is 5.75 Å². The summed E-state index contributed by atoms with van der Waals surface area (Å²) in [4.78, 5) is 3.22. The Hall–Kier alpha value is -1.53. The molecule has 0 saturated carbocycles. The van der Waals surface area contributed by atoms with Gasteiger partial charge in [0.05, 0.1) is 44.4 Å². The van der Waals surface area contributed by atoms with Crippen LogP contribution in [0.15, 0.2) is 18.2 Å². The first kappa shape index (κ1) is 11.6. The highest BCUT2D eigenvalue weighted by molar-refractivity contribution is 7.71. The van der Waals surface area contributed by atoms with Crippen LogP contribution < -0.4 is 9.75 Å². The lowest BCUT2D eigenvalue weighted by molar-refractivity contribution is 0.111. The van der Waals surface area contributed by atoms with Crippen molar-refractivity contribution < 1.29 is 9.47 Å². The zero-order valence-electron chi connectivity index (χ0n) is 10.2. The van der Waals surface area contributed by atoms with Crippen molar-refractivity contribution in [1.29, 1.82) is 0 Å². The van der Waals surface area contributed by atoms with E-state index in [0.717, 1.165) is 43.1 Å². The molecule has 2 aromatic rings. The van der Waals surface area contributed by atoms with Crippen molar-refractivity contribution in [2.75, 3.05) is 38.4 Å². The summed E-state index contributed by atoms with van der Waals surface area (Å²) < 4.78 is 13.4. The molecule has 18 heavy (non-hydrogen) atoms. The Kier molecular flexibility index (Phi) is 2.97. The molecule has 0 amide bonds. The number of benzene rings is 1. The number of imidazole rings is 1. The Balaban J connectivity index is 2.13. The van der Waals surface area contributed by atoms with Gasteiger partial charge in [-0.25, -0.2) is 4.68 Å². The second-order valence-corrected chi connectivity index (χ2v) is 4.58. The van der Waals surface area contributed by atoms with Gasteiger partial charge in [0.2, 0.25) is 0 Å². The number of rotatable bonds is 2. The molecule has 0 atom stereocenters. The van der Waals surface area contributed by atoms with Crippen molar-refractivity contribution in [3.8, 4) is 5.75 Å². The molecule has 0 radical (unpaired) electrons. The second-order valence-electron chi connectivity index (χ2n) is 4.19. The number of aromatic amines is 1. The van der Waals surface area contributed by atoms with Gasteiger partial charge >= 0.3 is 0 Å². The van der Waals surface area contributed by atoms with Gasteiger partial charge in [0, 0.05) is 6.07 Å². The van der Waals surface area contributed by atoms with Crippen molar-refractivity contribution in [1.82, 2.24) is 9.66 Å². The molecular weight excluding hydrogens is 250 g/mol. The summed E-state index contributed by atoms with van der Waals surface area (Å²) in [7, 11) is 1.67. The second kappa shape index (κ2) is 4.62. The topological polar surface area (TPSA) is 42.4 Å². The molecule has 3 rings (SSSR count). The number of nitrogens with zero attached hydrogens (tertiary/aromatic N) is 2. The van der Waals surface area contributed by atoms with E-state index in [1.54, 1.807) is 7.11 Å². The molecular formula is C12H15N3O2S. The molecule has 5 nitrogen and oxygen atoms in total. The number of hydrogen-bond acceptors (Lipinski definition) is 4. The Morgan fingerprint density at radius 3 is 2.83 bits per heavy atom. The highest BCUT2D eigenvalue weighted by atomic mass is 32.1. The quantitative estimate of drug-likeness (QED) is 0.839. The molecule has 0 spiro atoms. The van der Waals surface area contributed by atoms with Crippen LogP contribution in [0, 0.1) is 4.77 Å². The van der Waals surface area contributed by atoms with Crippen LogP contribution in [0.5, 0.6) is 5.75 Å². The fourth-order valence-electron chi connectivity index (χ4n) is 2.23. The third kappa shape index (κ3) is 1.87. The van der Waals surface area contributed by atoms with E-state index in [1.165, 1.54) is 0 Å². The third-order valence-electron chi connectivity index (χ3n) is 3.14. The first-order valence-electron chi connectivity index (χ1n) is 5.91. The van der Waals surface area contributed by atoms with Crippen LogP contribution in [0.2, 0.25) is 0 Å². The Morgan fingerprint density at radius 2 is 2.11 bits per heavy atom. The first-order chi connectivity index (χ1) is 8.79. The summed E-state index contributed by atoms with van der Waals surface area (Å²) in [6, 6.07) is 5.91. The molecule has 1 N–H and O–H groups in total.